The Morgan fingerprint density at radius 3 is 1.66 bits per heavy atom. The van der Waals surface area contributed by atoms with Gasteiger partial charge in [-0.3, -0.25) is 9.69 Å². The number of piperidine rings is 1. The number of nitrogens with zero attached hydrogens (tertiary/aromatic N) is 1. The van der Waals surface area contributed by atoms with E-state index in [9.17, 15) is 4.79 Å². The Kier molecular flexibility index (Phi) is 7.06. The SMILES string of the molecule is O=C(NCC1(c2ccccc2)CCN(C(c2ccccc2)c2ccccc2)CC1)c1ccccc1. The molecule has 176 valence electrons. The molecule has 0 unspecified atom stereocenters. The molecule has 1 saturated heterocycles. The zero-order valence-electron chi connectivity index (χ0n) is 20.0. The standard InChI is InChI=1S/C32H32N2O/c35-31(28-17-9-3-10-18-28)33-25-32(29-19-11-4-12-20-29)21-23-34(24-22-32)30(26-13-5-1-6-14-26)27-15-7-2-8-16-27/h1-20,30H,21-25H2,(H,33,35). The van der Waals surface area contributed by atoms with Gasteiger partial charge >= 0.3 is 0 Å². The summed E-state index contributed by atoms with van der Waals surface area (Å²) in [5, 5.41) is 3.26. The number of carbonyl (C=O) groups excluding carboxylic acids is 1. The highest BCUT2D eigenvalue weighted by Crippen LogP contribution is 2.39. The van der Waals surface area contributed by atoms with E-state index in [4.69, 9.17) is 0 Å². The lowest BCUT2D eigenvalue weighted by atomic mass is 9.72. The second-order valence-electron chi connectivity index (χ2n) is 9.45. The fourth-order valence-corrected chi connectivity index (χ4v) is 5.40. The molecule has 35 heavy (non-hydrogen) atoms. The van der Waals surface area contributed by atoms with Gasteiger partial charge in [0, 0.05) is 17.5 Å². The molecule has 1 heterocycles. The van der Waals surface area contributed by atoms with E-state index in [0.29, 0.717) is 12.1 Å². The average molecular weight is 461 g/mol. The summed E-state index contributed by atoms with van der Waals surface area (Å²) in [5.74, 6) is -0.00483. The normalized spacial score (nSPS) is 15.6. The van der Waals surface area contributed by atoms with Crippen molar-refractivity contribution in [2.45, 2.75) is 24.3 Å². The van der Waals surface area contributed by atoms with E-state index in [-0.39, 0.29) is 17.4 Å². The summed E-state index contributed by atoms with van der Waals surface area (Å²) in [4.78, 5) is 15.5. The minimum atomic E-state index is -0.0832. The monoisotopic (exact) mass is 460 g/mol. The molecule has 0 aliphatic carbocycles. The Morgan fingerprint density at radius 2 is 1.14 bits per heavy atom. The quantitative estimate of drug-likeness (QED) is 0.354. The molecule has 4 aromatic carbocycles. The van der Waals surface area contributed by atoms with Crippen LogP contribution in [0, 0.1) is 0 Å². The molecular weight excluding hydrogens is 428 g/mol. The average Bonchev–Trinajstić information content (AvgIpc) is 2.95. The molecule has 3 nitrogen and oxygen atoms in total. The maximum atomic E-state index is 12.9. The van der Waals surface area contributed by atoms with Crippen LogP contribution in [0.5, 0.6) is 0 Å². The molecule has 3 heteroatoms. The molecule has 0 atom stereocenters. The number of benzene rings is 4. The van der Waals surface area contributed by atoms with Crippen LogP contribution >= 0.6 is 0 Å². The second kappa shape index (κ2) is 10.7. The van der Waals surface area contributed by atoms with Crippen LogP contribution in [0.2, 0.25) is 0 Å². The van der Waals surface area contributed by atoms with Crippen LogP contribution in [-0.2, 0) is 5.41 Å². The Labute approximate surface area is 208 Å². The number of likely N-dealkylation sites (tertiary alicyclic amines) is 1. The van der Waals surface area contributed by atoms with Crippen LogP contribution in [-0.4, -0.2) is 30.4 Å². The number of carbonyl (C=O) groups is 1. The summed E-state index contributed by atoms with van der Waals surface area (Å²) in [6.07, 6.45) is 1.98. The minimum Gasteiger partial charge on any atom is -0.351 e. The molecule has 1 N–H and O–H groups in total. The van der Waals surface area contributed by atoms with E-state index in [1.54, 1.807) is 0 Å². The van der Waals surface area contributed by atoms with Gasteiger partial charge in [0.05, 0.1) is 6.04 Å². The van der Waals surface area contributed by atoms with E-state index in [0.717, 1.165) is 25.9 Å². The van der Waals surface area contributed by atoms with Crippen molar-refractivity contribution in [1.29, 1.82) is 0 Å². The molecule has 5 rings (SSSR count). The van der Waals surface area contributed by atoms with Crippen LogP contribution in [0.1, 0.15) is 45.9 Å². The number of hydrogen-bond acceptors (Lipinski definition) is 2. The van der Waals surface area contributed by atoms with Crippen LogP contribution < -0.4 is 5.32 Å². The van der Waals surface area contributed by atoms with Gasteiger partial charge in [0.25, 0.3) is 5.91 Å². The van der Waals surface area contributed by atoms with Crippen LogP contribution in [0.25, 0.3) is 0 Å². The molecule has 0 radical (unpaired) electrons. The molecule has 0 spiro atoms. The lowest BCUT2D eigenvalue weighted by Gasteiger charge is -2.45. The van der Waals surface area contributed by atoms with Gasteiger partial charge in [0.2, 0.25) is 0 Å². The van der Waals surface area contributed by atoms with Crippen molar-refractivity contribution in [1.82, 2.24) is 10.2 Å². The van der Waals surface area contributed by atoms with Gasteiger partial charge in [0.15, 0.2) is 0 Å². The first-order valence-corrected chi connectivity index (χ1v) is 12.5. The van der Waals surface area contributed by atoms with Gasteiger partial charge in [-0.1, -0.05) is 109 Å². The van der Waals surface area contributed by atoms with E-state index < -0.39 is 0 Å². The summed E-state index contributed by atoms with van der Waals surface area (Å²) in [6.45, 7) is 2.56. The first-order chi connectivity index (χ1) is 17.3. The highest BCUT2D eigenvalue weighted by molar-refractivity contribution is 5.94. The minimum absolute atomic E-state index is 0.00483. The summed E-state index contributed by atoms with van der Waals surface area (Å²) in [6, 6.07) is 42.1. The molecule has 0 aromatic heterocycles. The topological polar surface area (TPSA) is 32.3 Å². The fraction of sp³-hybridized carbons (Fsp3) is 0.219. The number of hydrogen-bond donors (Lipinski definition) is 1. The van der Waals surface area contributed by atoms with Gasteiger partial charge in [-0.15, -0.1) is 0 Å². The zero-order chi connectivity index (χ0) is 23.9. The molecule has 1 fully saturated rings. The molecular formula is C32H32N2O. The number of amides is 1. The predicted octanol–water partition coefficient (Wildman–Crippen LogP) is 6.24. The lowest BCUT2D eigenvalue weighted by Crippen LogP contribution is -2.49. The highest BCUT2D eigenvalue weighted by Gasteiger charge is 2.38. The number of rotatable bonds is 7. The van der Waals surface area contributed by atoms with E-state index in [1.165, 1.54) is 16.7 Å². The van der Waals surface area contributed by atoms with Gasteiger partial charge in [-0.05, 0) is 54.8 Å². The van der Waals surface area contributed by atoms with Crippen molar-refractivity contribution in [3.05, 3.63) is 144 Å². The van der Waals surface area contributed by atoms with Crippen LogP contribution in [0.15, 0.2) is 121 Å². The Hall–Kier alpha value is -3.69. The highest BCUT2D eigenvalue weighted by atomic mass is 16.1. The predicted molar refractivity (Wildman–Crippen MR) is 142 cm³/mol. The van der Waals surface area contributed by atoms with Gasteiger partial charge in [-0.25, -0.2) is 0 Å². The summed E-state index contributed by atoms with van der Waals surface area (Å²) in [7, 11) is 0. The van der Waals surface area contributed by atoms with Crippen molar-refractivity contribution in [2.24, 2.45) is 0 Å². The maximum absolute atomic E-state index is 12.9. The molecule has 1 amide bonds. The Morgan fingerprint density at radius 1 is 0.686 bits per heavy atom. The van der Waals surface area contributed by atoms with E-state index in [1.807, 2.05) is 30.3 Å². The van der Waals surface area contributed by atoms with E-state index in [2.05, 4.69) is 101 Å². The van der Waals surface area contributed by atoms with E-state index >= 15 is 0 Å². The maximum Gasteiger partial charge on any atom is 0.251 e. The fourth-order valence-electron chi connectivity index (χ4n) is 5.40. The van der Waals surface area contributed by atoms with Crippen LogP contribution in [0.3, 0.4) is 0 Å². The summed E-state index contributed by atoms with van der Waals surface area (Å²) >= 11 is 0. The third kappa shape index (κ3) is 5.21. The van der Waals surface area contributed by atoms with Crippen molar-refractivity contribution >= 4 is 5.91 Å². The van der Waals surface area contributed by atoms with Crippen molar-refractivity contribution in [3.63, 3.8) is 0 Å². The molecule has 0 saturated carbocycles. The molecule has 0 bridgehead atoms. The van der Waals surface area contributed by atoms with Crippen molar-refractivity contribution in [2.75, 3.05) is 19.6 Å². The summed E-state index contributed by atoms with van der Waals surface area (Å²) in [5.41, 5.74) is 4.58. The first kappa shape index (κ1) is 23.1. The molecule has 1 aliphatic rings. The van der Waals surface area contributed by atoms with Gasteiger partial charge < -0.3 is 5.32 Å². The Balaban J connectivity index is 1.38. The van der Waals surface area contributed by atoms with Crippen LogP contribution in [0.4, 0.5) is 0 Å². The molecule has 4 aromatic rings. The third-order valence-corrected chi connectivity index (χ3v) is 7.36. The smallest absolute Gasteiger partial charge is 0.251 e. The van der Waals surface area contributed by atoms with Gasteiger partial charge in [-0.2, -0.15) is 0 Å². The number of nitrogens with one attached hydrogen (secondary N) is 1. The van der Waals surface area contributed by atoms with Crippen molar-refractivity contribution in [3.8, 4) is 0 Å². The van der Waals surface area contributed by atoms with Gasteiger partial charge in [0.1, 0.15) is 0 Å². The summed E-state index contributed by atoms with van der Waals surface area (Å²) < 4.78 is 0. The molecule has 1 aliphatic heterocycles. The Bertz CT molecular complexity index is 1160. The van der Waals surface area contributed by atoms with Crippen molar-refractivity contribution < 1.29 is 4.79 Å². The lowest BCUT2D eigenvalue weighted by molar-refractivity contribution is 0.0908. The largest absolute Gasteiger partial charge is 0.351 e. The first-order valence-electron chi connectivity index (χ1n) is 12.5. The third-order valence-electron chi connectivity index (χ3n) is 7.36. The second-order valence-corrected chi connectivity index (χ2v) is 9.45. The zero-order valence-corrected chi connectivity index (χ0v) is 20.0.